The summed E-state index contributed by atoms with van der Waals surface area (Å²) in [5, 5.41) is 12.5. The van der Waals surface area contributed by atoms with Gasteiger partial charge in [0.15, 0.2) is 0 Å². The predicted octanol–water partition coefficient (Wildman–Crippen LogP) is 15.5. The lowest BCUT2D eigenvalue weighted by Gasteiger charge is -2.23. The fourth-order valence-corrected chi connectivity index (χ4v) is 9.99. The van der Waals surface area contributed by atoms with Crippen LogP contribution in [0.2, 0.25) is 0 Å². The zero-order chi connectivity index (χ0) is 37.1. The highest BCUT2D eigenvalue weighted by molar-refractivity contribution is 6.22. The average Bonchev–Trinajstić information content (AvgIpc) is 3.72. The van der Waals surface area contributed by atoms with Crippen molar-refractivity contribution >= 4 is 65.0 Å². The number of hydrogen-bond acceptors (Lipinski definition) is 1. The molecule has 1 heterocycles. The highest BCUT2D eigenvalue weighted by Crippen LogP contribution is 2.53. The van der Waals surface area contributed by atoms with Crippen LogP contribution in [0, 0.1) is 0 Å². The second kappa shape index (κ2) is 11.5. The maximum absolute atomic E-state index is 6.27. The van der Waals surface area contributed by atoms with Gasteiger partial charge in [-0.05, 0) is 129 Å². The molecule has 1 aliphatic rings. The lowest BCUT2D eigenvalue weighted by atomic mass is 9.80. The molecule has 1 aromatic heterocycles. The van der Waals surface area contributed by atoms with Gasteiger partial charge in [-0.1, -0.05) is 166 Å². The van der Waals surface area contributed by atoms with E-state index < -0.39 is 0 Å². The first kappa shape index (κ1) is 31.4. The van der Waals surface area contributed by atoms with Crippen LogP contribution in [-0.2, 0) is 5.41 Å². The zero-order valence-corrected chi connectivity index (χ0v) is 31.2. The van der Waals surface area contributed by atoms with Gasteiger partial charge in [-0.25, -0.2) is 0 Å². The van der Waals surface area contributed by atoms with E-state index in [0.29, 0.717) is 0 Å². The van der Waals surface area contributed by atoms with E-state index in [0.717, 1.165) is 11.2 Å². The number of rotatable bonds is 3. The first-order chi connectivity index (χ1) is 27.5. The molecule has 1 aliphatic carbocycles. The van der Waals surface area contributed by atoms with Gasteiger partial charge in [0.05, 0.1) is 0 Å². The van der Waals surface area contributed by atoms with Crippen LogP contribution in [-0.4, -0.2) is 0 Å². The molecule has 0 saturated carbocycles. The molecule has 0 unspecified atom stereocenters. The van der Waals surface area contributed by atoms with Gasteiger partial charge in [0.1, 0.15) is 11.2 Å². The molecule has 11 aromatic rings. The van der Waals surface area contributed by atoms with Crippen molar-refractivity contribution in [1.82, 2.24) is 0 Å². The Hall–Kier alpha value is -6.96. The first-order valence-corrected chi connectivity index (χ1v) is 19.6. The lowest BCUT2D eigenvalue weighted by molar-refractivity contribution is 0.665. The Labute approximate surface area is 325 Å². The van der Waals surface area contributed by atoms with E-state index in [1.54, 1.807) is 0 Å². The molecule has 0 bridgehead atoms. The molecule has 56 heavy (non-hydrogen) atoms. The molecule has 0 saturated heterocycles. The second-order valence-corrected chi connectivity index (χ2v) is 16.0. The molecule has 0 radical (unpaired) electrons. The third kappa shape index (κ3) is 4.43. The third-order valence-electron chi connectivity index (χ3n) is 12.6. The van der Waals surface area contributed by atoms with Crippen molar-refractivity contribution in [2.45, 2.75) is 19.3 Å². The van der Waals surface area contributed by atoms with Crippen LogP contribution in [0.4, 0.5) is 0 Å². The normalized spacial score (nSPS) is 13.3. The Bertz CT molecular complexity index is 3370. The summed E-state index contributed by atoms with van der Waals surface area (Å²) in [5.41, 5.74) is 14.7. The summed E-state index contributed by atoms with van der Waals surface area (Å²) in [6.07, 6.45) is 0. The van der Waals surface area contributed by atoms with Crippen molar-refractivity contribution in [2.75, 3.05) is 0 Å². The fraction of sp³-hybridized carbons (Fsp3) is 0.0545. The van der Waals surface area contributed by atoms with Gasteiger partial charge in [-0.2, -0.15) is 0 Å². The molecule has 0 N–H and O–H groups in total. The van der Waals surface area contributed by atoms with Gasteiger partial charge >= 0.3 is 0 Å². The van der Waals surface area contributed by atoms with Crippen molar-refractivity contribution in [3.8, 4) is 44.5 Å². The van der Waals surface area contributed by atoms with Crippen LogP contribution in [0.3, 0.4) is 0 Å². The van der Waals surface area contributed by atoms with Crippen LogP contribution >= 0.6 is 0 Å². The van der Waals surface area contributed by atoms with Crippen molar-refractivity contribution in [3.63, 3.8) is 0 Å². The summed E-state index contributed by atoms with van der Waals surface area (Å²) in [5.74, 6) is 0. The zero-order valence-electron chi connectivity index (χ0n) is 31.2. The molecule has 0 atom stereocenters. The van der Waals surface area contributed by atoms with Crippen LogP contribution < -0.4 is 0 Å². The molecule has 1 nitrogen and oxygen atoms in total. The van der Waals surface area contributed by atoms with Crippen LogP contribution in [0.5, 0.6) is 0 Å². The van der Waals surface area contributed by atoms with Gasteiger partial charge in [-0.15, -0.1) is 0 Å². The predicted molar refractivity (Wildman–Crippen MR) is 238 cm³/mol. The lowest BCUT2D eigenvalue weighted by Crippen LogP contribution is -2.15. The first-order valence-electron chi connectivity index (χ1n) is 19.6. The Balaban J connectivity index is 0.980. The minimum Gasteiger partial charge on any atom is -0.456 e. The molecule has 0 spiro atoms. The second-order valence-electron chi connectivity index (χ2n) is 16.0. The van der Waals surface area contributed by atoms with Gasteiger partial charge in [-0.3, -0.25) is 0 Å². The van der Waals surface area contributed by atoms with E-state index in [9.17, 15) is 0 Å². The summed E-state index contributed by atoms with van der Waals surface area (Å²) in [6, 6.07) is 67.2. The molecule has 262 valence electrons. The maximum Gasteiger partial charge on any atom is 0.136 e. The Kier molecular flexibility index (Phi) is 6.46. The Morgan fingerprint density at radius 1 is 0.339 bits per heavy atom. The van der Waals surface area contributed by atoms with E-state index in [-0.39, 0.29) is 5.41 Å². The van der Waals surface area contributed by atoms with E-state index >= 15 is 0 Å². The molecule has 0 fully saturated rings. The van der Waals surface area contributed by atoms with Crippen molar-refractivity contribution in [1.29, 1.82) is 0 Å². The molecular formula is C55H36O. The van der Waals surface area contributed by atoms with Crippen molar-refractivity contribution in [3.05, 3.63) is 193 Å². The highest BCUT2D eigenvalue weighted by Gasteiger charge is 2.37. The van der Waals surface area contributed by atoms with Gasteiger partial charge in [0.2, 0.25) is 0 Å². The number of fused-ring (bicyclic) bond motifs is 11. The van der Waals surface area contributed by atoms with E-state index in [1.807, 2.05) is 6.07 Å². The van der Waals surface area contributed by atoms with Crippen LogP contribution in [0.1, 0.15) is 25.0 Å². The number of para-hydroxylation sites is 1. The van der Waals surface area contributed by atoms with Gasteiger partial charge < -0.3 is 4.42 Å². The molecule has 12 rings (SSSR count). The minimum absolute atomic E-state index is 0.138. The molecule has 1 heteroatoms. The number of furan rings is 1. The quantitative estimate of drug-likeness (QED) is 0.166. The monoisotopic (exact) mass is 712 g/mol. The summed E-state index contributed by atoms with van der Waals surface area (Å²) in [7, 11) is 0. The Morgan fingerprint density at radius 3 is 1.64 bits per heavy atom. The number of benzene rings is 10. The van der Waals surface area contributed by atoms with Crippen molar-refractivity contribution < 1.29 is 4.42 Å². The fourth-order valence-electron chi connectivity index (χ4n) is 9.99. The number of hydrogen-bond donors (Lipinski definition) is 0. The third-order valence-corrected chi connectivity index (χ3v) is 12.6. The smallest absolute Gasteiger partial charge is 0.136 e. The minimum atomic E-state index is -0.138. The summed E-state index contributed by atoms with van der Waals surface area (Å²) >= 11 is 0. The summed E-state index contributed by atoms with van der Waals surface area (Å²) in [4.78, 5) is 0. The molecule has 10 aromatic carbocycles. The van der Waals surface area contributed by atoms with Gasteiger partial charge in [0, 0.05) is 16.2 Å². The average molecular weight is 713 g/mol. The van der Waals surface area contributed by atoms with Crippen LogP contribution in [0.25, 0.3) is 110 Å². The Morgan fingerprint density at radius 2 is 0.911 bits per heavy atom. The standard InChI is InChI=1S/C55H36O/c1-55(2)49-28-26-37(30-47(49)45-27-25-38-31-51-48(32-46(38)54(45)55)40-13-9-10-18-50(40)56-51)34-19-22-35(23-20-34)52-41-14-5-7-16-43(41)53(44-17-8-6-15-42(44)52)39-24-21-33-11-3-4-12-36(33)29-39/h3-32H,1-2H3. The topological polar surface area (TPSA) is 13.1 Å². The van der Waals surface area contributed by atoms with Gasteiger partial charge in [0.25, 0.3) is 0 Å². The molecule has 0 amide bonds. The SMILES string of the molecule is CC1(C)c2ccc(-c3ccc(-c4c5ccccc5c(-c5ccc6ccccc6c5)c5ccccc45)cc3)cc2-c2ccc3cc4oc5ccccc5c4cc3c21. The van der Waals surface area contributed by atoms with Crippen LogP contribution in [0.15, 0.2) is 186 Å². The summed E-state index contributed by atoms with van der Waals surface area (Å²) in [6.45, 7) is 4.76. The molecular weight excluding hydrogens is 677 g/mol. The summed E-state index contributed by atoms with van der Waals surface area (Å²) < 4.78 is 6.27. The highest BCUT2D eigenvalue weighted by atomic mass is 16.3. The largest absolute Gasteiger partial charge is 0.456 e. The van der Waals surface area contributed by atoms with Crippen molar-refractivity contribution in [2.24, 2.45) is 0 Å². The van der Waals surface area contributed by atoms with E-state index in [2.05, 4.69) is 190 Å². The van der Waals surface area contributed by atoms with E-state index in [4.69, 9.17) is 4.42 Å². The van der Waals surface area contributed by atoms with E-state index in [1.165, 1.54) is 109 Å². The molecule has 0 aliphatic heterocycles. The maximum atomic E-state index is 6.27.